The van der Waals surface area contributed by atoms with Crippen molar-refractivity contribution in [2.45, 2.75) is 26.3 Å². The summed E-state index contributed by atoms with van der Waals surface area (Å²) in [5, 5.41) is 10.7. The fraction of sp³-hybridized carbons (Fsp3) is 0.154. The molecule has 0 fully saturated rings. The number of halogens is 2. The second kappa shape index (κ2) is 7.61. The predicted molar refractivity (Wildman–Crippen MR) is 126 cm³/mol. The van der Waals surface area contributed by atoms with Gasteiger partial charge in [0.05, 0.1) is 17.6 Å². The molecule has 1 N–H and O–H groups in total. The molecule has 0 unspecified atom stereocenters. The van der Waals surface area contributed by atoms with Crippen molar-refractivity contribution in [2.75, 3.05) is 0 Å². The van der Waals surface area contributed by atoms with Gasteiger partial charge in [-0.3, -0.25) is 4.99 Å². The molecule has 32 heavy (non-hydrogen) atoms. The number of nitrogens with zero attached hydrogens (tertiary/aromatic N) is 2. The third kappa shape index (κ3) is 3.21. The van der Waals surface area contributed by atoms with Crippen LogP contribution in [0.25, 0.3) is 27.7 Å². The maximum atomic E-state index is 13.7. The van der Waals surface area contributed by atoms with Crippen LogP contribution in [0.2, 0.25) is 5.02 Å². The van der Waals surface area contributed by atoms with Gasteiger partial charge in [-0.15, -0.1) is 0 Å². The largest absolute Gasteiger partial charge is 0.478 e. The van der Waals surface area contributed by atoms with E-state index in [0.29, 0.717) is 11.6 Å². The number of aliphatic imine (C=N–C) groups is 1. The van der Waals surface area contributed by atoms with Crippen molar-refractivity contribution < 1.29 is 14.3 Å². The van der Waals surface area contributed by atoms with E-state index >= 15 is 0 Å². The number of carboxylic acid groups (broad SMARTS) is 1. The summed E-state index contributed by atoms with van der Waals surface area (Å²) in [5.74, 6) is -1.20. The van der Waals surface area contributed by atoms with Gasteiger partial charge in [-0.25, -0.2) is 9.18 Å². The number of hydrogen-bond acceptors (Lipinski definition) is 2. The quantitative estimate of drug-likeness (QED) is 0.373. The summed E-state index contributed by atoms with van der Waals surface area (Å²) in [4.78, 5) is 15.8. The van der Waals surface area contributed by atoms with Crippen LogP contribution in [-0.2, 0) is 6.54 Å². The topological polar surface area (TPSA) is 54.6 Å². The molecule has 160 valence electrons. The minimum absolute atomic E-state index is 0.112. The Balaban J connectivity index is 1.90. The molecule has 0 amide bonds. The Morgan fingerprint density at radius 2 is 1.88 bits per heavy atom. The molecule has 0 saturated heterocycles. The van der Waals surface area contributed by atoms with Crippen LogP contribution in [0.4, 0.5) is 4.39 Å². The molecule has 0 atom stereocenters. The van der Waals surface area contributed by atoms with Gasteiger partial charge in [0.2, 0.25) is 0 Å². The van der Waals surface area contributed by atoms with Crippen molar-refractivity contribution in [1.82, 2.24) is 4.57 Å². The van der Waals surface area contributed by atoms with Crippen LogP contribution < -0.4 is 0 Å². The van der Waals surface area contributed by atoms with E-state index in [0.717, 1.165) is 44.5 Å². The van der Waals surface area contributed by atoms with Gasteiger partial charge in [0.25, 0.3) is 0 Å². The first-order chi connectivity index (χ1) is 15.3. The molecule has 4 aromatic rings. The monoisotopic (exact) mass is 446 g/mol. The van der Waals surface area contributed by atoms with E-state index in [-0.39, 0.29) is 17.3 Å². The lowest BCUT2D eigenvalue weighted by Crippen LogP contribution is -2.04. The molecule has 6 heteroatoms. The van der Waals surface area contributed by atoms with E-state index in [4.69, 9.17) is 11.6 Å². The van der Waals surface area contributed by atoms with Gasteiger partial charge in [-0.05, 0) is 65.6 Å². The molecule has 0 aliphatic carbocycles. The zero-order valence-corrected chi connectivity index (χ0v) is 18.3. The van der Waals surface area contributed by atoms with Gasteiger partial charge in [0.15, 0.2) is 0 Å². The van der Waals surface area contributed by atoms with Crippen LogP contribution in [0.15, 0.2) is 59.6 Å². The number of carboxylic acids is 1. The van der Waals surface area contributed by atoms with Gasteiger partial charge in [-0.1, -0.05) is 31.5 Å². The number of rotatable bonds is 4. The van der Waals surface area contributed by atoms with Gasteiger partial charge in [0.1, 0.15) is 5.82 Å². The average molecular weight is 447 g/mol. The molecule has 0 spiro atoms. The highest BCUT2D eigenvalue weighted by Gasteiger charge is 2.25. The van der Waals surface area contributed by atoms with Crippen LogP contribution in [0.1, 0.15) is 46.9 Å². The Morgan fingerprint density at radius 3 is 2.53 bits per heavy atom. The zero-order chi connectivity index (χ0) is 22.6. The fourth-order valence-corrected chi connectivity index (χ4v) is 4.74. The Morgan fingerprint density at radius 1 is 1.12 bits per heavy atom. The summed E-state index contributed by atoms with van der Waals surface area (Å²) in [6.07, 6.45) is 1.88. The van der Waals surface area contributed by atoms with E-state index in [1.54, 1.807) is 24.3 Å². The molecule has 1 aliphatic rings. The van der Waals surface area contributed by atoms with E-state index in [9.17, 15) is 14.3 Å². The first-order valence-electron chi connectivity index (χ1n) is 10.4. The van der Waals surface area contributed by atoms with Crippen LogP contribution in [0.3, 0.4) is 0 Å². The number of benzene rings is 3. The first-order valence-corrected chi connectivity index (χ1v) is 10.7. The van der Waals surface area contributed by atoms with Crippen molar-refractivity contribution >= 4 is 34.7 Å². The minimum Gasteiger partial charge on any atom is -0.478 e. The molecule has 1 aliphatic heterocycles. The lowest BCUT2D eigenvalue weighted by molar-refractivity contribution is 0.0697. The van der Waals surface area contributed by atoms with Gasteiger partial charge < -0.3 is 9.67 Å². The van der Waals surface area contributed by atoms with Crippen molar-refractivity contribution in [3.63, 3.8) is 0 Å². The normalized spacial score (nSPS) is 12.7. The molecule has 0 bridgehead atoms. The molecule has 0 saturated carbocycles. The standard InChI is InChI=1S/C26H20ClFN2O2/c1-14(2)25-24(20-8-3-15(26(31)32)10-22(20)27)21-9-16-12-29-13-17(16)11-23(21)30(25)19-6-4-18(28)5-7-19/h3-11,13-14H,12H2,1-2H3,(H,31,32). The molecular formula is C26H20ClFN2O2. The Kier molecular flexibility index (Phi) is 4.86. The number of aromatic nitrogens is 1. The minimum atomic E-state index is -1.02. The Bertz CT molecular complexity index is 1420. The first kappa shape index (κ1) is 20.5. The predicted octanol–water partition coefficient (Wildman–Crippen LogP) is 6.84. The SMILES string of the molecule is CC(C)c1c(-c2ccc(C(=O)O)cc2Cl)c2cc3c(cc2n1-c1ccc(F)cc1)C=NC3. The maximum Gasteiger partial charge on any atom is 0.335 e. The maximum absolute atomic E-state index is 13.7. The highest BCUT2D eigenvalue weighted by molar-refractivity contribution is 6.34. The highest BCUT2D eigenvalue weighted by atomic mass is 35.5. The molecule has 0 radical (unpaired) electrons. The number of hydrogen-bond donors (Lipinski definition) is 1. The van der Waals surface area contributed by atoms with E-state index in [1.165, 1.54) is 18.2 Å². The second-order valence-electron chi connectivity index (χ2n) is 8.26. The molecule has 4 nitrogen and oxygen atoms in total. The van der Waals surface area contributed by atoms with Crippen LogP contribution in [0.5, 0.6) is 0 Å². The third-order valence-electron chi connectivity index (χ3n) is 5.87. The fourth-order valence-electron chi connectivity index (χ4n) is 4.46. The Hall–Kier alpha value is -3.44. The summed E-state index contributed by atoms with van der Waals surface area (Å²) >= 11 is 6.63. The molecular weight excluding hydrogens is 427 g/mol. The van der Waals surface area contributed by atoms with E-state index in [1.807, 2.05) is 6.21 Å². The van der Waals surface area contributed by atoms with Gasteiger partial charge in [-0.2, -0.15) is 0 Å². The summed E-state index contributed by atoms with van der Waals surface area (Å²) in [6.45, 7) is 4.83. The van der Waals surface area contributed by atoms with Crippen molar-refractivity contribution in [3.8, 4) is 16.8 Å². The smallest absolute Gasteiger partial charge is 0.335 e. The Labute approximate surface area is 189 Å². The molecule has 3 aromatic carbocycles. The molecule has 5 rings (SSSR count). The summed E-state index contributed by atoms with van der Waals surface area (Å²) in [5.41, 5.74) is 6.90. The van der Waals surface area contributed by atoms with E-state index < -0.39 is 5.97 Å². The zero-order valence-electron chi connectivity index (χ0n) is 17.6. The molecule has 2 heterocycles. The van der Waals surface area contributed by atoms with Crippen LogP contribution in [-0.4, -0.2) is 21.9 Å². The average Bonchev–Trinajstić information content (AvgIpc) is 3.34. The lowest BCUT2D eigenvalue weighted by atomic mass is 9.94. The van der Waals surface area contributed by atoms with Crippen molar-refractivity contribution in [3.05, 3.63) is 87.8 Å². The van der Waals surface area contributed by atoms with Crippen LogP contribution >= 0.6 is 11.6 Å². The van der Waals surface area contributed by atoms with Gasteiger partial charge in [0, 0.05) is 39.1 Å². The summed E-state index contributed by atoms with van der Waals surface area (Å²) in [6, 6.07) is 15.5. The van der Waals surface area contributed by atoms with Crippen molar-refractivity contribution in [2.24, 2.45) is 4.99 Å². The van der Waals surface area contributed by atoms with E-state index in [2.05, 4.69) is 35.5 Å². The number of aromatic carboxylic acids is 1. The molecule has 1 aromatic heterocycles. The van der Waals surface area contributed by atoms with Crippen LogP contribution in [0, 0.1) is 5.82 Å². The number of carbonyl (C=O) groups is 1. The van der Waals surface area contributed by atoms with Crippen molar-refractivity contribution in [1.29, 1.82) is 0 Å². The lowest BCUT2D eigenvalue weighted by Gasteiger charge is -2.16. The highest BCUT2D eigenvalue weighted by Crippen LogP contribution is 2.44. The van der Waals surface area contributed by atoms with Gasteiger partial charge >= 0.3 is 5.97 Å². The third-order valence-corrected chi connectivity index (χ3v) is 6.19. The summed E-state index contributed by atoms with van der Waals surface area (Å²) in [7, 11) is 0. The summed E-state index contributed by atoms with van der Waals surface area (Å²) < 4.78 is 15.8. The number of fused-ring (bicyclic) bond motifs is 2. The second-order valence-corrected chi connectivity index (χ2v) is 8.67.